The number of benzene rings is 1. The molecule has 1 aliphatic rings. The van der Waals surface area contributed by atoms with Gasteiger partial charge in [-0.15, -0.1) is 0 Å². The van der Waals surface area contributed by atoms with Crippen molar-refractivity contribution in [1.82, 2.24) is 19.4 Å². The van der Waals surface area contributed by atoms with E-state index >= 15 is 0 Å². The number of nitrogens with zero attached hydrogens (tertiary/aromatic N) is 5. The van der Waals surface area contributed by atoms with Gasteiger partial charge in [-0.05, 0) is 51.5 Å². The zero-order valence-electron chi connectivity index (χ0n) is 22.0. The minimum atomic E-state index is -1.21. The summed E-state index contributed by atoms with van der Waals surface area (Å²) in [7, 11) is 1.69. The van der Waals surface area contributed by atoms with E-state index in [9.17, 15) is 19.5 Å². The smallest absolute Gasteiger partial charge is 0.410 e. The summed E-state index contributed by atoms with van der Waals surface area (Å²) in [4.78, 5) is 49.9. The van der Waals surface area contributed by atoms with Crippen molar-refractivity contribution in [2.45, 2.75) is 39.8 Å². The Hall–Kier alpha value is -3.86. The van der Waals surface area contributed by atoms with Crippen LogP contribution in [0.2, 0.25) is 5.15 Å². The predicted octanol–water partition coefficient (Wildman–Crippen LogP) is 3.83. The number of piperazine rings is 1. The number of anilines is 2. The zero-order valence-corrected chi connectivity index (χ0v) is 22.7. The van der Waals surface area contributed by atoms with E-state index in [4.69, 9.17) is 21.3 Å². The van der Waals surface area contributed by atoms with Crippen LogP contribution in [0.1, 0.15) is 48.4 Å². The van der Waals surface area contributed by atoms with E-state index in [0.717, 1.165) is 11.1 Å². The van der Waals surface area contributed by atoms with Gasteiger partial charge in [0.1, 0.15) is 5.15 Å². The summed E-state index contributed by atoms with van der Waals surface area (Å²) in [5.74, 6) is -0.710. The molecule has 202 valence electrons. The van der Waals surface area contributed by atoms with Crippen LogP contribution in [-0.2, 0) is 11.8 Å². The van der Waals surface area contributed by atoms with Crippen molar-refractivity contribution in [2.75, 3.05) is 36.4 Å². The van der Waals surface area contributed by atoms with Crippen molar-refractivity contribution in [2.24, 2.45) is 7.05 Å². The predicted molar refractivity (Wildman–Crippen MR) is 145 cm³/mol. The standard InChI is InChI=1S/C26H31ClN6O5/c1-14(2)38-26(37)33-10-8-32(9-11-33)25-30-21-17(12-15(3)13-18(21)23(34)31(25)5)16(4)28-19-6-7-20(27)29-22(19)24(35)36/h6-7,12-14,16,28H,8-11H2,1-5H3,(H,35,36)/t16-/m1/s1. The van der Waals surface area contributed by atoms with Gasteiger partial charge in [0.2, 0.25) is 5.95 Å². The van der Waals surface area contributed by atoms with Crippen molar-refractivity contribution < 1.29 is 19.4 Å². The lowest BCUT2D eigenvalue weighted by Crippen LogP contribution is -2.50. The Labute approximate surface area is 225 Å². The van der Waals surface area contributed by atoms with Gasteiger partial charge in [-0.2, -0.15) is 0 Å². The fraction of sp³-hybridized carbons (Fsp3) is 0.423. The molecule has 1 amide bonds. The molecule has 0 aliphatic carbocycles. The number of halogens is 1. The largest absolute Gasteiger partial charge is 0.476 e. The molecule has 1 fully saturated rings. The lowest BCUT2D eigenvalue weighted by molar-refractivity contribution is 0.0690. The Morgan fingerprint density at radius 3 is 2.42 bits per heavy atom. The number of amides is 1. The topological polar surface area (TPSA) is 130 Å². The van der Waals surface area contributed by atoms with E-state index in [0.29, 0.717) is 48.7 Å². The van der Waals surface area contributed by atoms with E-state index in [1.807, 2.05) is 38.7 Å². The van der Waals surface area contributed by atoms with E-state index in [2.05, 4.69) is 10.3 Å². The molecule has 11 nitrogen and oxygen atoms in total. The van der Waals surface area contributed by atoms with Gasteiger partial charge in [-0.1, -0.05) is 17.7 Å². The number of fused-ring (bicyclic) bond motifs is 1. The van der Waals surface area contributed by atoms with E-state index in [1.165, 1.54) is 10.6 Å². The van der Waals surface area contributed by atoms with Crippen LogP contribution < -0.4 is 15.8 Å². The monoisotopic (exact) mass is 542 g/mol. The molecule has 2 aromatic heterocycles. The molecule has 3 aromatic rings. The molecule has 1 saturated heterocycles. The summed E-state index contributed by atoms with van der Waals surface area (Å²) in [6.45, 7) is 9.25. The second kappa shape index (κ2) is 10.9. The number of carbonyl (C=O) groups excluding carboxylic acids is 1. The van der Waals surface area contributed by atoms with Crippen molar-refractivity contribution in [3.63, 3.8) is 0 Å². The number of aryl methyl sites for hydroxylation is 1. The molecule has 0 saturated carbocycles. The number of aromatic carboxylic acids is 1. The van der Waals surface area contributed by atoms with E-state index in [-0.39, 0.29) is 28.6 Å². The molecule has 2 N–H and O–H groups in total. The summed E-state index contributed by atoms with van der Waals surface area (Å²) < 4.78 is 6.83. The number of carbonyl (C=O) groups is 2. The molecule has 1 atom stereocenters. The van der Waals surface area contributed by atoms with E-state index in [1.54, 1.807) is 24.1 Å². The molecule has 38 heavy (non-hydrogen) atoms. The van der Waals surface area contributed by atoms with E-state index < -0.39 is 12.0 Å². The Balaban J connectivity index is 1.69. The van der Waals surface area contributed by atoms with Gasteiger partial charge in [0, 0.05) is 38.8 Å². The highest BCUT2D eigenvalue weighted by molar-refractivity contribution is 6.29. The highest BCUT2D eigenvalue weighted by atomic mass is 35.5. The Bertz CT molecular complexity index is 1450. The number of rotatable bonds is 6. The fourth-order valence-corrected chi connectivity index (χ4v) is 4.69. The number of carboxylic acids is 1. The highest BCUT2D eigenvalue weighted by Crippen LogP contribution is 2.29. The number of nitrogens with one attached hydrogen (secondary N) is 1. The molecule has 0 spiro atoms. The maximum atomic E-state index is 13.4. The molecule has 1 aliphatic heterocycles. The van der Waals surface area contributed by atoms with Gasteiger partial charge in [0.25, 0.3) is 5.56 Å². The first-order chi connectivity index (χ1) is 18.0. The minimum Gasteiger partial charge on any atom is -0.476 e. The second-order valence-corrected chi connectivity index (χ2v) is 10.0. The van der Waals surface area contributed by atoms with Crippen LogP contribution in [0.4, 0.5) is 16.4 Å². The van der Waals surface area contributed by atoms with Crippen LogP contribution in [0, 0.1) is 6.92 Å². The first kappa shape index (κ1) is 27.2. The molecular formula is C26H31ClN6O5. The fourth-order valence-electron chi connectivity index (χ4n) is 4.55. The number of pyridine rings is 1. The van der Waals surface area contributed by atoms with Crippen molar-refractivity contribution in [3.05, 3.63) is 56.6 Å². The summed E-state index contributed by atoms with van der Waals surface area (Å²) in [5.41, 5.74) is 2.05. The third-order valence-corrected chi connectivity index (χ3v) is 6.60. The Kier molecular flexibility index (Phi) is 7.77. The summed E-state index contributed by atoms with van der Waals surface area (Å²) in [6.07, 6.45) is -0.550. The average molecular weight is 543 g/mol. The van der Waals surface area contributed by atoms with Crippen LogP contribution >= 0.6 is 11.6 Å². The van der Waals surface area contributed by atoms with Crippen LogP contribution in [0.15, 0.2) is 29.1 Å². The lowest BCUT2D eigenvalue weighted by atomic mass is 10.0. The molecule has 1 aromatic carbocycles. The molecule has 0 bridgehead atoms. The first-order valence-corrected chi connectivity index (χ1v) is 12.7. The third kappa shape index (κ3) is 5.52. The minimum absolute atomic E-state index is 0.0778. The number of hydrogen-bond acceptors (Lipinski definition) is 8. The van der Waals surface area contributed by atoms with Gasteiger partial charge < -0.3 is 25.0 Å². The SMILES string of the molecule is Cc1cc([C@@H](C)Nc2ccc(Cl)nc2C(=O)O)c2nc(N3CCN(C(=O)OC(C)C)CC3)n(C)c(=O)c2c1. The van der Waals surface area contributed by atoms with Gasteiger partial charge >= 0.3 is 12.1 Å². The van der Waals surface area contributed by atoms with Crippen LogP contribution in [0.25, 0.3) is 10.9 Å². The number of ether oxygens (including phenoxy) is 1. The maximum Gasteiger partial charge on any atom is 0.410 e. The van der Waals surface area contributed by atoms with Gasteiger partial charge in [-0.25, -0.2) is 19.6 Å². The Morgan fingerprint density at radius 2 is 1.79 bits per heavy atom. The normalized spacial score (nSPS) is 14.6. The molecular weight excluding hydrogens is 512 g/mol. The third-order valence-electron chi connectivity index (χ3n) is 6.39. The Morgan fingerprint density at radius 1 is 1.11 bits per heavy atom. The summed E-state index contributed by atoms with van der Waals surface area (Å²) >= 11 is 5.90. The number of aromatic nitrogens is 3. The first-order valence-electron chi connectivity index (χ1n) is 12.3. The number of carboxylic acid groups (broad SMARTS) is 1. The number of hydrogen-bond donors (Lipinski definition) is 2. The summed E-state index contributed by atoms with van der Waals surface area (Å²) in [5, 5.41) is 13.3. The van der Waals surface area contributed by atoms with Crippen molar-refractivity contribution in [1.29, 1.82) is 0 Å². The van der Waals surface area contributed by atoms with Crippen LogP contribution in [-0.4, -0.2) is 68.9 Å². The molecule has 4 rings (SSSR count). The van der Waals surface area contributed by atoms with Crippen LogP contribution in [0.5, 0.6) is 0 Å². The van der Waals surface area contributed by atoms with Gasteiger partial charge in [-0.3, -0.25) is 9.36 Å². The molecule has 12 heteroatoms. The summed E-state index contributed by atoms with van der Waals surface area (Å²) in [6, 6.07) is 6.40. The van der Waals surface area contributed by atoms with Gasteiger partial charge in [0.05, 0.1) is 28.7 Å². The molecule has 0 radical (unpaired) electrons. The van der Waals surface area contributed by atoms with Crippen LogP contribution in [0.3, 0.4) is 0 Å². The quantitative estimate of drug-likeness (QED) is 0.446. The van der Waals surface area contributed by atoms with Crippen molar-refractivity contribution in [3.8, 4) is 0 Å². The van der Waals surface area contributed by atoms with Gasteiger partial charge in [0.15, 0.2) is 5.69 Å². The highest BCUT2D eigenvalue weighted by Gasteiger charge is 2.26. The lowest BCUT2D eigenvalue weighted by Gasteiger charge is -2.35. The average Bonchev–Trinajstić information content (AvgIpc) is 2.86. The second-order valence-electron chi connectivity index (χ2n) is 9.63. The van der Waals surface area contributed by atoms with Crippen molar-refractivity contribution >= 4 is 46.2 Å². The maximum absolute atomic E-state index is 13.4. The zero-order chi connectivity index (χ0) is 27.7. The molecule has 3 heterocycles. The molecule has 0 unspecified atom stereocenters.